The molecule has 2 aromatic carbocycles. The van der Waals surface area contributed by atoms with E-state index in [2.05, 4.69) is 10.6 Å². The highest BCUT2D eigenvalue weighted by molar-refractivity contribution is 7.89. The Kier molecular flexibility index (Phi) is 5.19. The van der Waals surface area contributed by atoms with Crippen LogP contribution in [0.15, 0.2) is 53.4 Å². The van der Waals surface area contributed by atoms with Crippen molar-refractivity contribution in [1.29, 1.82) is 0 Å². The standard InChI is InChI=1S/C17H17F2N3O3S/c18-12-7-9-13(10-8-12)20-17(23)21-16-6-3-11-22(16)26(24,25)15-5-2-1-4-14(15)19/h1-2,4-5,7-10,16H,3,6,11H2,(H2,20,21,23)/t16-/m1/s1. The summed E-state index contributed by atoms with van der Waals surface area (Å²) in [5.74, 6) is -1.28. The van der Waals surface area contributed by atoms with Crippen molar-refractivity contribution in [3.8, 4) is 0 Å². The van der Waals surface area contributed by atoms with E-state index < -0.39 is 38.8 Å². The summed E-state index contributed by atoms with van der Waals surface area (Å²) >= 11 is 0. The number of rotatable bonds is 4. The number of carbonyl (C=O) groups is 1. The maximum absolute atomic E-state index is 13.9. The predicted octanol–water partition coefficient (Wildman–Crippen LogP) is 2.90. The molecular formula is C17H17F2N3O3S. The van der Waals surface area contributed by atoms with E-state index in [0.29, 0.717) is 18.5 Å². The number of halogens is 2. The van der Waals surface area contributed by atoms with Crippen molar-refractivity contribution in [3.63, 3.8) is 0 Å². The lowest BCUT2D eigenvalue weighted by molar-refractivity contribution is 0.240. The zero-order chi connectivity index (χ0) is 18.7. The third-order valence-corrected chi connectivity index (χ3v) is 5.97. The molecule has 0 spiro atoms. The van der Waals surface area contributed by atoms with E-state index >= 15 is 0 Å². The number of anilines is 1. The minimum Gasteiger partial charge on any atom is -0.321 e. The van der Waals surface area contributed by atoms with E-state index in [9.17, 15) is 22.0 Å². The molecule has 0 aromatic heterocycles. The molecule has 9 heteroatoms. The average Bonchev–Trinajstić information content (AvgIpc) is 3.06. The topological polar surface area (TPSA) is 78.5 Å². The molecule has 3 rings (SSSR count). The van der Waals surface area contributed by atoms with Gasteiger partial charge < -0.3 is 10.6 Å². The van der Waals surface area contributed by atoms with Crippen LogP contribution in [0, 0.1) is 11.6 Å². The van der Waals surface area contributed by atoms with Crippen LogP contribution in [0.2, 0.25) is 0 Å². The number of hydrogen-bond donors (Lipinski definition) is 2. The van der Waals surface area contributed by atoms with Crippen LogP contribution in [0.4, 0.5) is 19.3 Å². The molecule has 2 aromatic rings. The van der Waals surface area contributed by atoms with E-state index in [1.165, 1.54) is 42.5 Å². The second kappa shape index (κ2) is 7.38. The molecule has 1 atom stereocenters. The Bertz CT molecular complexity index is 904. The number of hydrogen-bond acceptors (Lipinski definition) is 3. The van der Waals surface area contributed by atoms with Crippen molar-refractivity contribution >= 4 is 21.7 Å². The van der Waals surface area contributed by atoms with E-state index in [1.54, 1.807) is 0 Å². The zero-order valence-corrected chi connectivity index (χ0v) is 14.5. The van der Waals surface area contributed by atoms with Crippen LogP contribution in [0.3, 0.4) is 0 Å². The Balaban J connectivity index is 1.73. The van der Waals surface area contributed by atoms with Gasteiger partial charge in [-0.25, -0.2) is 22.0 Å². The average molecular weight is 381 g/mol. The van der Waals surface area contributed by atoms with Gasteiger partial charge in [0.25, 0.3) is 0 Å². The van der Waals surface area contributed by atoms with Crippen molar-refractivity contribution in [2.75, 3.05) is 11.9 Å². The van der Waals surface area contributed by atoms with Gasteiger partial charge in [0.05, 0.1) is 6.17 Å². The number of amides is 2. The van der Waals surface area contributed by atoms with E-state index in [4.69, 9.17) is 0 Å². The summed E-state index contributed by atoms with van der Waals surface area (Å²) in [6.07, 6.45) is 0.153. The van der Waals surface area contributed by atoms with Gasteiger partial charge in [0.2, 0.25) is 10.0 Å². The van der Waals surface area contributed by atoms with E-state index in [0.717, 1.165) is 10.4 Å². The van der Waals surface area contributed by atoms with Gasteiger partial charge in [-0.1, -0.05) is 12.1 Å². The highest BCUT2D eigenvalue weighted by atomic mass is 32.2. The molecule has 2 N–H and O–H groups in total. The number of urea groups is 1. The molecule has 1 aliphatic rings. The van der Waals surface area contributed by atoms with Crippen LogP contribution in [0.25, 0.3) is 0 Å². The highest BCUT2D eigenvalue weighted by Crippen LogP contribution is 2.26. The van der Waals surface area contributed by atoms with Crippen molar-refractivity contribution < 1.29 is 22.0 Å². The predicted molar refractivity (Wildman–Crippen MR) is 91.9 cm³/mol. The van der Waals surface area contributed by atoms with Crippen LogP contribution in [-0.4, -0.2) is 31.5 Å². The van der Waals surface area contributed by atoms with Crippen LogP contribution in [-0.2, 0) is 10.0 Å². The van der Waals surface area contributed by atoms with Gasteiger partial charge in [0.15, 0.2) is 0 Å². The molecule has 0 aliphatic carbocycles. The molecule has 0 bridgehead atoms. The molecule has 1 aliphatic heterocycles. The molecule has 0 unspecified atom stereocenters. The summed E-state index contributed by atoms with van der Waals surface area (Å²) in [6, 6.07) is 9.65. The van der Waals surface area contributed by atoms with Gasteiger partial charge in [0.1, 0.15) is 16.5 Å². The molecule has 6 nitrogen and oxygen atoms in total. The lowest BCUT2D eigenvalue weighted by Gasteiger charge is -2.25. The Morgan fingerprint density at radius 3 is 2.46 bits per heavy atom. The smallest absolute Gasteiger partial charge is 0.320 e. The molecule has 0 radical (unpaired) electrons. The molecule has 0 saturated carbocycles. The van der Waals surface area contributed by atoms with Crippen molar-refractivity contribution in [2.45, 2.75) is 23.9 Å². The maximum Gasteiger partial charge on any atom is 0.320 e. The van der Waals surface area contributed by atoms with Crippen molar-refractivity contribution in [1.82, 2.24) is 9.62 Å². The summed E-state index contributed by atoms with van der Waals surface area (Å²) in [5, 5.41) is 5.07. The molecule has 1 heterocycles. The molecule has 26 heavy (non-hydrogen) atoms. The van der Waals surface area contributed by atoms with E-state index in [1.807, 2.05) is 0 Å². The SMILES string of the molecule is O=C(Nc1ccc(F)cc1)N[C@H]1CCCN1S(=O)(=O)c1ccccc1F. The lowest BCUT2D eigenvalue weighted by atomic mass is 10.3. The number of benzene rings is 2. The van der Waals surface area contributed by atoms with Crippen molar-refractivity contribution in [2.24, 2.45) is 0 Å². The first kappa shape index (κ1) is 18.3. The van der Waals surface area contributed by atoms with E-state index in [-0.39, 0.29) is 6.54 Å². The molecule has 2 amide bonds. The summed E-state index contributed by atoms with van der Waals surface area (Å²) in [4.78, 5) is 11.7. The Morgan fingerprint density at radius 1 is 1.08 bits per heavy atom. The molecular weight excluding hydrogens is 364 g/mol. The second-order valence-electron chi connectivity index (χ2n) is 5.81. The largest absolute Gasteiger partial charge is 0.321 e. The van der Waals surface area contributed by atoms with Gasteiger partial charge in [-0.2, -0.15) is 4.31 Å². The minimum absolute atomic E-state index is 0.179. The third-order valence-electron chi connectivity index (χ3n) is 4.03. The van der Waals surface area contributed by atoms with Gasteiger partial charge in [-0.15, -0.1) is 0 Å². The van der Waals surface area contributed by atoms with Crippen LogP contribution in [0.5, 0.6) is 0 Å². The number of carbonyl (C=O) groups excluding carboxylic acids is 1. The fourth-order valence-electron chi connectivity index (χ4n) is 2.80. The van der Waals surface area contributed by atoms with Crippen LogP contribution < -0.4 is 10.6 Å². The summed E-state index contributed by atoms with van der Waals surface area (Å²) in [5.41, 5.74) is 0.366. The Labute approximate surface area is 149 Å². The van der Waals surface area contributed by atoms with Gasteiger partial charge in [-0.3, -0.25) is 0 Å². The van der Waals surface area contributed by atoms with Gasteiger partial charge >= 0.3 is 6.03 Å². The van der Waals surface area contributed by atoms with Gasteiger partial charge in [-0.05, 0) is 49.2 Å². The highest BCUT2D eigenvalue weighted by Gasteiger charge is 2.37. The van der Waals surface area contributed by atoms with Crippen LogP contribution >= 0.6 is 0 Å². The second-order valence-corrected chi connectivity index (χ2v) is 7.67. The first-order chi connectivity index (χ1) is 12.4. The molecule has 1 saturated heterocycles. The number of nitrogens with zero attached hydrogens (tertiary/aromatic N) is 1. The summed E-state index contributed by atoms with van der Waals surface area (Å²) in [7, 11) is -4.08. The number of nitrogens with one attached hydrogen (secondary N) is 2. The summed E-state index contributed by atoms with van der Waals surface area (Å²) in [6.45, 7) is 0.179. The Morgan fingerprint density at radius 2 is 1.77 bits per heavy atom. The zero-order valence-electron chi connectivity index (χ0n) is 13.7. The fraction of sp³-hybridized carbons (Fsp3) is 0.235. The van der Waals surface area contributed by atoms with Crippen LogP contribution in [0.1, 0.15) is 12.8 Å². The summed E-state index contributed by atoms with van der Waals surface area (Å²) < 4.78 is 53.3. The minimum atomic E-state index is -4.08. The Hall–Kier alpha value is -2.52. The van der Waals surface area contributed by atoms with Crippen molar-refractivity contribution in [3.05, 3.63) is 60.2 Å². The number of sulfonamides is 1. The fourth-order valence-corrected chi connectivity index (χ4v) is 4.48. The first-order valence-corrected chi connectivity index (χ1v) is 9.41. The normalized spacial score (nSPS) is 17.8. The molecule has 1 fully saturated rings. The lowest BCUT2D eigenvalue weighted by Crippen LogP contribution is -2.48. The quantitative estimate of drug-likeness (QED) is 0.855. The van der Waals surface area contributed by atoms with Gasteiger partial charge in [0, 0.05) is 12.2 Å². The monoisotopic (exact) mass is 381 g/mol. The maximum atomic E-state index is 13.9. The molecule has 138 valence electrons. The first-order valence-electron chi connectivity index (χ1n) is 7.97. The third kappa shape index (κ3) is 3.83.